The molecule has 1 saturated heterocycles. The van der Waals surface area contributed by atoms with Crippen LogP contribution in [0.25, 0.3) is 6.08 Å². The number of ether oxygens (including phenoxy) is 1. The number of hydrogen-bond acceptors (Lipinski definition) is 5. The molecule has 0 bridgehead atoms. The molecule has 0 aliphatic carbocycles. The highest BCUT2D eigenvalue weighted by Crippen LogP contribution is 2.26. The second kappa shape index (κ2) is 8.88. The number of carbonyl (C=O) groups excluding carboxylic acids is 2. The molecule has 6 nitrogen and oxygen atoms in total. The van der Waals surface area contributed by atoms with E-state index in [-0.39, 0.29) is 17.9 Å². The van der Waals surface area contributed by atoms with Gasteiger partial charge in [-0.25, -0.2) is 0 Å². The summed E-state index contributed by atoms with van der Waals surface area (Å²) in [6.45, 7) is 4.31. The summed E-state index contributed by atoms with van der Waals surface area (Å²) >= 11 is 1.59. The maximum absolute atomic E-state index is 12.7. The molecule has 0 radical (unpaired) electrons. The van der Waals surface area contributed by atoms with Crippen molar-refractivity contribution in [2.24, 2.45) is 0 Å². The molecule has 4 heterocycles. The van der Waals surface area contributed by atoms with E-state index in [1.807, 2.05) is 41.6 Å². The predicted molar refractivity (Wildman–Crippen MR) is 112 cm³/mol. The SMILES string of the molecule is Cc1ncc2c(c1CNC(=O)/C=C/c1cccs1)CCN(C(=O)C1CCCO1)C2. The summed E-state index contributed by atoms with van der Waals surface area (Å²) in [5.41, 5.74) is 4.25. The Kier molecular flexibility index (Phi) is 6.06. The van der Waals surface area contributed by atoms with Crippen molar-refractivity contribution >= 4 is 29.2 Å². The van der Waals surface area contributed by atoms with Gasteiger partial charge < -0.3 is 15.0 Å². The molecule has 2 aromatic rings. The molecule has 0 saturated carbocycles. The molecule has 2 aliphatic rings. The van der Waals surface area contributed by atoms with Crippen molar-refractivity contribution in [1.29, 1.82) is 0 Å². The van der Waals surface area contributed by atoms with Gasteiger partial charge in [-0.3, -0.25) is 14.6 Å². The number of nitrogens with one attached hydrogen (secondary N) is 1. The third-order valence-electron chi connectivity index (χ3n) is 5.49. The van der Waals surface area contributed by atoms with E-state index >= 15 is 0 Å². The standard InChI is InChI=1S/C22H25N3O3S/c1-15-19(13-24-21(26)7-6-17-4-3-11-29-17)18-8-9-25(14-16(18)12-23-15)22(27)20-5-2-10-28-20/h3-4,6-7,11-12,20H,2,5,8-10,13-14H2,1H3,(H,24,26)/b7-6+. The van der Waals surface area contributed by atoms with Gasteiger partial charge in [0.1, 0.15) is 6.10 Å². The van der Waals surface area contributed by atoms with Crippen LogP contribution in [0.3, 0.4) is 0 Å². The minimum Gasteiger partial charge on any atom is -0.368 e. The minimum absolute atomic E-state index is 0.0855. The van der Waals surface area contributed by atoms with Crippen LogP contribution in [0.1, 0.15) is 40.1 Å². The largest absolute Gasteiger partial charge is 0.368 e. The number of nitrogens with zero attached hydrogens (tertiary/aromatic N) is 2. The Morgan fingerprint density at radius 3 is 3.10 bits per heavy atom. The molecule has 2 aromatic heterocycles. The maximum atomic E-state index is 12.7. The second-order valence-electron chi connectivity index (χ2n) is 7.40. The van der Waals surface area contributed by atoms with Gasteiger partial charge >= 0.3 is 0 Å². The minimum atomic E-state index is -0.288. The molecule has 2 amide bonds. The first kappa shape index (κ1) is 19.8. The van der Waals surface area contributed by atoms with E-state index in [2.05, 4.69) is 10.3 Å². The van der Waals surface area contributed by atoms with E-state index in [0.29, 0.717) is 26.2 Å². The monoisotopic (exact) mass is 411 g/mol. The summed E-state index contributed by atoms with van der Waals surface area (Å²) in [4.78, 5) is 32.3. The number of aryl methyl sites for hydroxylation is 1. The van der Waals surface area contributed by atoms with E-state index in [1.54, 1.807) is 17.4 Å². The summed E-state index contributed by atoms with van der Waals surface area (Å²) in [6.07, 6.45) is 7.49. The van der Waals surface area contributed by atoms with Gasteiger partial charge in [0.15, 0.2) is 0 Å². The molecule has 29 heavy (non-hydrogen) atoms. The van der Waals surface area contributed by atoms with Gasteiger partial charge in [0.25, 0.3) is 5.91 Å². The lowest BCUT2D eigenvalue weighted by molar-refractivity contribution is -0.141. The van der Waals surface area contributed by atoms with Crippen molar-refractivity contribution < 1.29 is 14.3 Å². The van der Waals surface area contributed by atoms with Crippen molar-refractivity contribution in [3.8, 4) is 0 Å². The first-order valence-electron chi connectivity index (χ1n) is 9.98. The van der Waals surface area contributed by atoms with Crippen LogP contribution in [0, 0.1) is 6.92 Å². The van der Waals surface area contributed by atoms with Crippen LogP contribution in [-0.4, -0.2) is 41.0 Å². The predicted octanol–water partition coefficient (Wildman–Crippen LogP) is 2.84. The Morgan fingerprint density at radius 1 is 1.45 bits per heavy atom. The zero-order valence-corrected chi connectivity index (χ0v) is 17.3. The summed E-state index contributed by atoms with van der Waals surface area (Å²) in [6, 6.07) is 3.93. The fourth-order valence-electron chi connectivity index (χ4n) is 3.90. The van der Waals surface area contributed by atoms with Crippen LogP contribution >= 0.6 is 11.3 Å². The number of aromatic nitrogens is 1. The van der Waals surface area contributed by atoms with Crippen LogP contribution in [0.15, 0.2) is 29.8 Å². The number of fused-ring (bicyclic) bond motifs is 1. The molecule has 0 aromatic carbocycles. The van der Waals surface area contributed by atoms with Gasteiger partial charge in [0.05, 0.1) is 0 Å². The molecule has 7 heteroatoms. The van der Waals surface area contributed by atoms with Crippen LogP contribution in [0.5, 0.6) is 0 Å². The Hall–Kier alpha value is -2.51. The summed E-state index contributed by atoms with van der Waals surface area (Å²) in [7, 11) is 0. The summed E-state index contributed by atoms with van der Waals surface area (Å²) in [5, 5.41) is 4.95. The Labute approximate surface area is 174 Å². The average molecular weight is 412 g/mol. The third kappa shape index (κ3) is 4.57. The van der Waals surface area contributed by atoms with Crippen molar-refractivity contribution in [2.75, 3.05) is 13.2 Å². The lowest BCUT2D eigenvalue weighted by Gasteiger charge is -2.32. The first-order chi connectivity index (χ1) is 14.1. The molecule has 0 spiro atoms. The van der Waals surface area contributed by atoms with E-state index in [0.717, 1.165) is 41.0 Å². The number of amides is 2. The van der Waals surface area contributed by atoms with Crippen molar-refractivity contribution in [2.45, 2.75) is 45.4 Å². The first-order valence-corrected chi connectivity index (χ1v) is 10.9. The normalized spacial score (nSPS) is 18.8. The van der Waals surface area contributed by atoms with Crippen molar-refractivity contribution in [1.82, 2.24) is 15.2 Å². The smallest absolute Gasteiger partial charge is 0.252 e. The lowest BCUT2D eigenvalue weighted by atomic mass is 9.94. The fourth-order valence-corrected chi connectivity index (χ4v) is 4.52. The molecule has 1 N–H and O–H groups in total. The summed E-state index contributed by atoms with van der Waals surface area (Å²) < 4.78 is 5.55. The maximum Gasteiger partial charge on any atom is 0.252 e. The number of pyridine rings is 1. The zero-order chi connectivity index (χ0) is 20.2. The quantitative estimate of drug-likeness (QED) is 0.768. The van der Waals surface area contributed by atoms with Crippen LogP contribution in [0.2, 0.25) is 0 Å². The fraction of sp³-hybridized carbons (Fsp3) is 0.409. The molecule has 1 atom stereocenters. The van der Waals surface area contributed by atoms with Crippen LogP contribution in [0.4, 0.5) is 0 Å². The molecular formula is C22H25N3O3S. The molecular weight excluding hydrogens is 386 g/mol. The van der Waals surface area contributed by atoms with Crippen molar-refractivity contribution in [3.63, 3.8) is 0 Å². The van der Waals surface area contributed by atoms with E-state index < -0.39 is 0 Å². The number of thiophene rings is 1. The van der Waals surface area contributed by atoms with Crippen molar-refractivity contribution in [3.05, 3.63) is 57.0 Å². The Balaban J connectivity index is 1.42. The average Bonchev–Trinajstić information content (AvgIpc) is 3.44. The van der Waals surface area contributed by atoms with Gasteiger partial charge in [-0.15, -0.1) is 11.3 Å². The van der Waals surface area contributed by atoms with E-state index in [1.165, 1.54) is 5.56 Å². The highest BCUT2D eigenvalue weighted by atomic mass is 32.1. The Morgan fingerprint density at radius 2 is 2.34 bits per heavy atom. The van der Waals surface area contributed by atoms with Gasteiger partial charge in [-0.1, -0.05) is 6.07 Å². The zero-order valence-electron chi connectivity index (χ0n) is 16.5. The Bertz CT molecular complexity index is 918. The molecule has 4 rings (SSSR count). The van der Waals surface area contributed by atoms with Gasteiger partial charge in [-0.2, -0.15) is 0 Å². The third-order valence-corrected chi connectivity index (χ3v) is 6.33. The number of carbonyl (C=O) groups is 2. The summed E-state index contributed by atoms with van der Waals surface area (Å²) in [5.74, 6) is -0.0382. The topological polar surface area (TPSA) is 71.5 Å². The van der Waals surface area contributed by atoms with Gasteiger partial charge in [0.2, 0.25) is 5.91 Å². The van der Waals surface area contributed by atoms with Crippen LogP contribution < -0.4 is 5.32 Å². The molecule has 152 valence electrons. The molecule has 1 fully saturated rings. The number of rotatable bonds is 5. The van der Waals surface area contributed by atoms with E-state index in [4.69, 9.17) is 4.74 Å². The highest BCUT2D eigenvalue weighted by molar-refractivity contribution is 7.10. The van der Waals surface area contributed by atoms with Crippen LogP contribution in [-0.2, 0) is 33.8 Å². The number of hydrogen-bond donors (Lipinski definition) is 1. The van der Waals surface area contributed by atoms with Gasteiger partial charge in [0, 0.05) is 49.1 Å². The molecule has 1 unspecified atom stereocenters. The van der Waals surface area contributed by atoms with Gasteiger partial charge in [-0.05, 0) is 60.4 Å². The molecule has 2 aliphatic heterocycles. The second-order valence-corrected chi connectivity index (χ2v) is 8.38. The lowest BCUT2D eigenvalue weighted by Crippen LogP contribution is -2.42. The van der Waals surface area contributed by atoms with E-state index in [9.17, 15) is 9.59 Å². The highest BCUT2D eigenvalue weighted by Gasteiger charge is 2.31.